The summed E-state index contributed by atoms with van der Waals surface area (Å²) in [5.41, 5.74) is 0. The monoisotopic (exact) mass is 596 g/mol. The minimum absolute atomic E-state index is 0. The molecule has 0 amide bonds. The van der Waals surface area contributed by atoms with Gasteiger partial charge in [-0.1, -0.05) is 0 Å². The minimum atomic E-state index is 0. The predicted molar refractivity (Wildman–Crippen MR) is 0 cm³/mol. The summed E-state index contributed by atoms with van der Waals surface area (Å²) in [6.07, 6.45) is 0. The molecule has 0 aliphatic heterocycles. The van der Waals surface area contributed by atoms with E-state index in [2.05, 4.69) is 0 Å². The molecule has 0 aliphatic carbocycles. The van der Waals surface area contributed by atoms with Crippen molar-refractivity contribution in [2.45, 2.75) is 0 Å². The van der Waals surface area contributed by atoms with Crippen molar-refractivity contribution in [3.8, 4) is 0 Å². The van der Waals surface area contributed by atoms with Crippen LogP contribution in [0.25, 0.3) is 0 Å². The fourth-order valence-electron chi connectivity index (χ4n) is 0. The van der Waals surface area contributed by atoms with Crippen LogP contribution in [0, 0.1) is 0 Å². The number of hydrogen-bond donors (Lipinski definition) is 0. The van der Waals surface area contributed by atoms with Gasteiger partial charge in [0, 0.05) is 81.1 Å². The first-order valence-electron chi connectivity index (χ1n) is 0. The van der Waals surface area contributed by atoms with Crippen LogP contribution in [0.15, 0.2) is 0 Å². The van der Waals surface area contributed by atoms with Crippen LogP contribution in [-0.2, 0) is 81.1 Å². The van der Waals surface area contributed by atoms with Crippen molar-refractivity contribution in [3.63, 3.8) is 0 Å². The Morgan fingerprint density at radius 2 is 1.00 bits per heavy atom. The van der Waals surface area contributed by atoms with E-state index in [9.17, 15) is 0 Å². The van der Waals surface area contributed by atoms with Crippen molar-refractivity contribution in [1.82, 2.24) is 0 Å². The summed E-state index contributed by atoms with van der Waals surface area (Å²) in [7, 11) is 0. The molecular weight excluding hydrogens is 595 g/mol. The van der Waals surface area contributed by atoms with E-state index in [-0.39, 0.29) is 81.1 Å². The molecule has 0 atom stereocenters. The van der Waals surface area contributed by atoms with Crippen LogP contribution in [0.4, 0.5) is 0 Å². The quantitative estimate of drug-likeness (QED) is 0.347. The first-order chi connectivity index (χ1) is 0. The topological polar surface area (TPSA) is 0 Å². The number of rotatable bonds is 0. The zero-order valence-corrected chi connectivity index (χ0v) is 9.28. The molecule has 37 valence electrons. The van der Waals surface area contributed by atoms with Crippen LogP contribution in [0.1, 0.15) is 0 Å². The maximum Gasteiger partial charge on any atom is 0 e. The largest absolute Gasteiger partial charge is 0 e. The first kappa shape index (κ1) is 30.4. The van der Waals surface area contributed by atoms with E-state index < -0.39 is 0 Å². The molecule has 0 saturated carbocycles. The molecule has 0 aromatic heterocycles. The molecule has 1 radical (unpaired) electrons. The number of hydrogen-bond acceptors (Lipinski definition) is 0. The fraction of sp³-hybridized carbons (Fsp3) is 0. The minimum Gasteiger partial charge on any atom is 0 e. The predicted octanol–water partition coefficient (Wildman–Crippen LogP) is -0.0100. The van der Waals surface area contributed by atoms with Crippen LogP contribution >= 0.6 is 0 Å². The van der Waals surface area contributed by atoms with Crippen molar-refractivity contribution in [2.75, 3.05) is 0 Å². The van der Waals surface area contributed by atoms with Gasteiger partial charge in [-0.15, -0.1) is 0 Å². The average molecular weight is 595 g/mol. The normalized spacial score (nSPS) is 0. The maximum atomic E-state index is 0. The molecule has 0 nitrogen and oxygen atoms in total. The van der Waals surface area contributed by atoms with Crippen molar-refractivity contribution in [3.05, 3.63) is 0 Å². The Kier molecular flexibility index (Phi) is 133. The molecule has 4 heteroatoms. The Morgan fingerprint density at radius 3 is 1.00 bits per heavy atom. The Balaban J connectivity index is 0. The van der Waals surface area contributed by atoms with E-state index in [0.29, 0.717) is 0 Å². The molecule has 0 rings (SSSR count). The second-order valence-corrected chi connectivity index (χ2v) is 0. The van der Waals surface area contributed by atoms with E-state index >= 15 is 0 Å². The van der Waals surface area contributed by atoms with Gasteiger partial charge in [0.15, 0.2) is 0 Å². The summed E-state index contributed by atoms with van der Waals surface area (Å²) in [6, 6.07) is 0. The van der Waals surface area contributed by atoms with Crippen molar-refractivity contribution in [2.24, 2.45) is 0 Å². The van der Waals surface area contributed by atoms with Gasteiger partial charge in [0.1, 0.15) is 0 Å². The fourth-order valence-corrected chi connectivity index (χ4v) is 0. The van der Waals surface area contributed by atoms with Crippen LogP contribution in [0.5, 0.6) is 0 Å². The first-order valence-corrected chi connectivity index (χ1v) is 0. The SMILES string of the molecule is [Ir].[Pd].[Pt].[Ru]. The van der Waals surface area contributed by atoms with Gasteiger partial charge in [-0.05, 0) is 0 Å². The average Bonchev–Trinajstić information content (AvgIpc) is 0. The molecule has 0 bridgehead atoms. The third-order valence-corrected chi connectivity index (χ3v) is 0. The Morgan fingerprint density at radius 1 is 1.00 bits per heavy atom. The second-order valence-electron chi connectivity index (χ2n) is 0. The second kappa shape index (κ2) is 17.5. The Bertz CT molecular complexity index is 8.00. The third kappa shape index (κ3) is 8.82. The summed E-state index contributed by atoms with van der Waals surface area (Å²) in [5, 5.41) is 0. The Labute approximate surface area is 79.9 Å². The van der Waals surface area contributed by atoms with Crippen molar-refractivity contribution < 1.29 is 81.1 Å². The Hall–Kier alpha value is 2.62. The van der Waals surface area contributed by atoms with Gasteiger partial charge in [-0.3, -0.25) is 0 Å². The molecule has 0 aliphatic rings. The van der Waals surface area contributed by atoms with E-state index in [1.165, 1.54) is 0 Å². The van der Waals surface area contributed by atoms with E-state index in [1.807, 2.05) is 0 Å². The van der Waals surface area contributed by atoms with Crippen molar-refractivity contribution >= 4 is 0 Å². The van der Waals surface area contributed by atoms with Crippen molar-refractivity contribution in [1.29, 1.82) is 0 Å². The standard InChI is InChI=1S/Ir.Pd.Pt.Ru. The van der Waals surface area contributed by atoms with E-state index in [0.717, 1.165) is 0 Å². The third-order valence-electron chi connectivity index (χ3n) is 0. The maximum absolute atomic E-state index is 0. The van der Waals surface area contributed by atoms with Gasteiger partial charge in [0.25, 0.3) is 0 Å². The zero-order chi connectivity index (χ0) is 0. The molecule has 0 heterocycles. The van der Waals surface area contributed by atoms with Gasteiger partial charge < -0.3 is 0 Å². The molecule has 0 spiro atoms. The smallest absolute Gasteiger partial charge is 0 e. The summed E-state index contributed by atoms with van der Waals surface area (Å²) in [4.78, 5) is 0. The van der Waals surface area contributed by atoms with Crippen LogP contribution in [-0.4, -0.2) is 0 Å². The molecule has 0 aromatic carbocycles. The van der Waals surface area contributed by atoms with E-state index in [1.54, 1.807) is 0 Å². The molecular formula is IrPdPtRu. The van der Waals surface area contributed by atoms with Gasteiger partial charge in [0.05, 0.1) is 0 Å². The van der Waals surface area contributed by atoms with Gasteiger partial charge in [-0.25, -0.2) is 0 Å². The molecule has 0 saturated heterocycles. The molecule has 0 fully saturated rings. The molecule has 0 aromatic rings. The summed E-state index contributed by atoms with van der Waals surface area (Å²) in [5.74, 6) is 0. The van der Waals surface area contributed by atoms with E-state index in [4.69, 9.17) is 0 Å². The summed E-state index contributed by atoms with van der Waals surface area (Å²) in [6.45, 7) is 0. The van der Waals surface area contributed by atoms with Gasteiger partial charge in [0.2, 0.25) is 0 Å². The molecule has 0 unspecified atom stereocenters. The zero-order valence-electron chi connectivity index (χ0n) is 1.32. The van der Waals surface area contributed by atoms with Crippen LogP contribution in [0.3, 0.4) is 0 Å². The van der Waals surface area contributed by atoms with Gasteiger partial charge in [-0.2, -0.15) is 0 Å². The molecule has 4 heavy (non-hydrogen) atoms. The molecule has 0 N–H and O–H groups in total. The van der Waals surface area contributed by atoms with Gasteiger partial charge >= 0.3 is 0 Å². The van der Waals surface area contributed by atoms with Crippen LogP contribution in [0.2, 0.25) is 0 Å². The summed E-state index contributed by atoms with van der Waals surface area (Å²) < 4.78 is 0. The van der Waals surface area contributed by atoms with Crippen LogP contribution < -0.4 is 0 Å². The summed E-state index contributed by atoms with van der Waals surface area (Å²) >= 11 is 0.